The maximum Gasteiger partial charge on any atom is 0.330 e. The number of ether oxygens (including phenoxy) is 4. The van der Waals surface area contributed by atoms with E-state index >= 15 is 0 Å². The highest BCUT2D eigenvalue weighted by Crippen LogP contribution is 2.34. The van der Waals surface area contributed by atoms with Crippen molar-refractivity contribution in [2.24, 2.45) is 0 Å². The fraction of sp³-hybridized carbons (Fsp3) is 0.267. The largest absolute Gasteiger partial charge is 0.374 e. The van der Waals surface area contributed by atoms with Crippen LogP contribution in [0.1, 0.15) is 22.9 Å². The van der Waals surface area contributed by atoms with Gasteiger partial charge < -0.3 is 18.9 Å². The minimum atomic E-state index is -1.11. The van der Waals surface area contributed by atoms with Crippen LogP contribution in [-0.2, 0) is 38.8 Å². The molecule has 9 heteroatoms. The summed E-state index contributed by atoms with van der Waals surface area (Å²) < 4.78 is 40.2. The lowest BCUT2D eigenvalue weighted by Crippen LogP contribution is -2.41. The average molecular weight is 533 g/mol. The number of aromatic amines is 1. The standard InChI is InChI=1S/C30H29FN2O6/c31-24-16-33(30(35)32-28(24)34)29-27(38-19-23-14-8-3-9-15-23)26(37-18-22-12-6-2-7-13-22)25(39-29)20-36-17-21-10-4-1-5-11-21/h1-16,25-27,29H,17-20H2,(H,32,34,35)/t25-,26-,27+,29+/m0/s1. The molecule has 0 unspecified atom stereocenters. The molecule has 1 fully saturated rings. The van der Waals surface area contributed by atoms with Gasteiger partial charge in [0.15, 0.2) is 6.23 Å². The molecule has 1 aromatic heterocycles. The van der Waals surface area contributed by atoms with Gasteiger partial charge in [-0.25, -0.2) is 4.79 Å². The molecule has 1 aliphatic rings. The van der Waals surface area contributed by atoms with E-state index in [1.807, 2.05) is 96.0 Å². The molecule has 0 radical (unpaired) electrons. The highest BCUT2D eigenvalue weighted by molar-refractivity contribution is 5.15. The molecule has 0 aliphatic carbocycles. The van der Waals surface area contributed by atoms with Crippen molar-refractivity contribution in [2.45, 2.75) is 44.4 Å². The number of nitrogens with zero attached hydrogens (tertiary/aromatic N) is 1. The van der Waals surface area contributed by atoms with Crippen LogP contribution in [0.25, 0.3) is 0 Å². The minimum absolute atomic E-state index is 0.136. The summed E-state index contributed by atoms with van der Waals surface area (Å²) in [5.41, 5.74) is 0.924. The van der Waals surface area contributed by atoms with Gasteiger partial charge in [-0.15, -0.1) is 0 Å². The van der Waals surface area contributed by atoms with Crippen molar-refractivity contribution in [1.82, 2.24) is 9.55 Å². The van der Waals surface area contributed by atoms with Gasteiger partial charge >= 0.3 is 5.69 Å². The van der Waals surface area contributed by atoms with Gasteiger partial charge in [0.25, 0.3) is 5.56 Å². The molecule has 1 saturated heterocycles. The van der Waals surface area contributed by atoms with Gasteiger partial charge in [-0.3, -0.25) is 14.3 Å². The predicted molar refractivity (Wildman–Crippen MR) is 141 cm³/mol. The summed E-state index contributed by atoms with van der Waals surface area (Å²) in [6.45, 7) is 0.946. The minimum Gasteiger partial charge on any atom is -0.374 e. The van der Waals surface area contributed by atoms with Crippen LogP contribution in [0, 0.1) is 5.82 Å². The molecular formula is C30H29FN2O6. The Balaban J connectivity index is 1.43. The van der Waals surface area contributed by atoms with Gasteiger partial charge in [0, 0.05) is 0 Å². The molecule has 4 atom stereocenters. The number of aromatic nitrogens is 2. The van der Waals surface area contributed by atoms with Crippen LogP contribution in [0.15, 0.2) is 107 Å². The first-order chi connectivity index (χ1) is 19.1. The molecule has 8 nitrogen and oxygen atoms in total. The van der Waals surface area contributed by atoms with Gasteiger partial charge in [0.2, 0.25) is 5.82 Å². The van der Waals surface area contributed by atoms with Crippen LogP contribution in [-0.4, -0.2) is 34.5 Å². The maximum absolute atomic E-state index is 14.3. The van der Waals surface area contributed by atoms with Crippen molar-refractivity contribution < 1.29 is 23.3 Å². The van der Waals surface area contributed by atoms with Crippen molar-refractivity contribution in [1.29, 1.82) is 0 Å². The van der Waals surface area contributed by atoms with E-state index < -0.39 is 41.6 Å². The Morgan fingerprint density at radius 2 is 1.26 bits per heavy atom. The van der Waals surface area contributed by atoms with Crippen molar-refractivity contribution in [3.8, 4) is 0 Å². The Hall–Kier alpha value is -3.89. The van der Waals surface area contributed by atoms with Crippen molar-refractivity contribution in [2.75, 3.05) is 6.61 Å². The van der Waals surface area contributed by atoms with Crippen LogP contribution in [0.5, 0.6) is 0 Å². The Morgan fingerprint density at radius 3 is 1.82 bits per heavy atom. The molecule has 202 valence electrons. The first-order valence-corrected chi connectivity index (χ1v) is 12.7. The van der Waals surface area contributed by atoms with Gasteiger partial charge in [-0.05, 0) is 16.7 Å². The van der Waals surface area contributed by atoms with Gasteiger partial charge in [-0.2, -0.15) is 4.39 Å². The Morgan fingerprint density at radius 1 is 0.744 bits per heavy atom. The van der Waals surface area contributed by atoms with Crippen LogP contribution < -0.4 is 11.2 Å². The smallest absolute Gasteiger partial charge is 0.330 e. The van der Waals surface area contributed by atoms with E-state index in [4.69, 9.17) is 18.9 Å². The Bertz CT molecular complexity index is 1450. The summed E-state index contributed by atoms with van der Waals surface area (Å²) in [6, 6.07) is 28.8. The van der Waals surface area contributed by atoms with Crippen LogP contribution in [0.2, 0.25) is 0 Å². The molecule has 1 N–H and O–H groups in total. The van der Waals surface area contributed by atoms with Crippen LogP contribution >= 0.6 is 0 Å². The fourth-order valence-electron chi connectivity index (χ4n) is 4.50. The normalized spacial score (nSPS) is 20.7. The topological polar surface area (TPSA) is 91.8 Å². The van der Waals surface area contributed by atoms with Crippen LogP contribution in [0.4, 0.5) is 4.39 Å². The third-order valence-electron chi connectivity index (χ3n) is 6.45. The van der Waals surface area contributed by atoms with E-state index in [-0.39, 0.29) is 19.8 Å². The van der Waals surface area contributed by atoms with Crippen molar-refractivity contribution in [3.63, 3.8) is 0 Å². The monoisotopic (exact) mass is 532 g/mol. The summed E-state index contributed by atoms with van der Waals surface area (Å²) in [4.78, 5) is 26.4. The number of hydrogen-bond donors (Lipinski definition) is 1. The molecule has 4 aromatic rings. The Kier molecular flexibility index (Phi) is 8.75. The van der Waals surface area contributed by atoms with Crippen molar-refractivity contribution >= 4 is 0 Å². The molecule has 0 saturated carbocycles. The van der Waals surface area contributed by atoms with E-state index in [1.54, 1.807) is 0 Å². The molecule has 5 rings (SSSR count). The van der Waals surface area contributed by atoms with Gasteiger partial charge in [0.1, 0.15) is 18.3 Å². The molecule has 2 heterocycles. The lowest BCUT2D eigenvalue weighted by atomic mass is 10.1. The molecule has 3 aromatic carbocycles. The van der Waals surface area contributed by atoms with Gasteiger partial charge in [0.05, 0.1) is 32.6 Å². The number of benzene rings is 3. The van der Waals surface area contributed by atoms with E-state index in [1.165, 1.54) is 0 Å². The SMILES string of the molecule is O=c1[nH]c(=O)n([C@@H]2O[C@@H](COCc3ccccc3)[C@H](OCc3ccccc3)[C@H]2OCc2ccccc2)cc1F. The first kappa shape index (κ1) is 26.7. The van der Waals surface area contributed by atoms with Gasteiger partial charge in [-0.1, -0.05) is 91.0 Å². The second kappa shape index (κ2) is 12.8. The molecule has 39 heavy (non-hydrogen) atoms. The van der Waals surface area contributed by atoms with E-state index in [9.17, 15) is 14.0 Å². The zero-order valence-electron chi connectivity index (χ0n) is 21.2. The van der Waals surface area contributed by atoms with E-state index in [0.29, 0.717) is 6.61 Å². The predicted octanol–water partition coefficient (Wildman–Crippen LogP) is 3.96. The molecule has 0 amide bonds. The maximum atomic E-state index is 14.3. The summed E-state index contributed by atoms with van der Waals surface area (Å²) in [7, 11) is 0. The second-order valence-electron chi connectivity index (χ2n) is 9.23. The van der Waals surface area contributed by atoms with E-state index in [0.717, 1.165) is 27.5 Å². The summed E-state index contributed by atoms with van der Waals surface area (Å²) in [5.74, 6) is -1.11. The number of halogens is 1. The first-order valence-electron chi connectivity index (χ1n) is 12.7. The number of hydrogen-bond acceptors (Lipinski definition) is 6. The number of rotatable bonds is 11. The summed E-state index contributed by atoms with van der Waals surface area (Å²) in [6.07, 6.45) is -2.37. The Labute approximate surface area is 224 Å². The third kappa shape index (κ3) is 6.76. The number of nitrogens with one attached hydrogen (secondary N) is 1. The summed E-state index contributed by atoms with van der Waals surface area (Å²) in [5, 5.41) is 0. The quantitative estimate of drug-likeness (QED) is 0.315. The third-order valence-corrected chi connectivity index (χ3v) is 6.45. The molecular weight excluding hydrogens is 503 g/mol. The average Bonchev–Trinajstić information content (AvgIpc) is 3.31. The van der Waals surface area contributed by atoms with Crippen LogP contribution in [0.3, 0.4) is 0 Å². The lowest BCUT2D eigenvalue weighted by molar-refractivity contribution is -0.0922. The molecule has 1 aliphatic heterocycles. The highest BCUT2D eigenvalue weighted by atomic mass is 19.1. The fourth-order valence-corrected chi connectivity index (χ4v) is 4.50. The lowest BCUT2D eigenvalue weighted by Gasteiger charge is -2.25. The zero-order chi connectivity index (χ0) is 27.0. The molecule has 0 spiro atoms. The summed E-state index contributed by atoms with van der Waals surface area (Å²) >= 11 is 0. The number of H-pyrrole nitrogens is 1. The molecule has 0 bridgehead atoms. The second-order valence-corrected chi connectivity index (χ2v) is 9.23. The highest BCUT2D eigenvalue weighted by Gasteiger charge is 2.48. The zero-order valence-corrected chi connectivity index (χ0v) is 21.2. The van der Waals surface area contributed by atoms with E-state index in [2.05, 4.69) is 0 Å². The van der Waals surface area contributed by atoms with Crippen molar-refractivity contribution in [3.05, 3.63) is 141 Å².